The van der Waals surface area contributed by atoms with Gasteiger partial charge in [-0.25, -0.2) is 8.42 Å². The molecular formula is C9H19NO4S. The minimum Gasteiger partial charge on any atom is -0.391 e. The second kappa shape index (κ2) is 5.79. The normalized spacial score (nSPS) is 19.1. The van der Waals surface area contributed by atoms with Crippen molar-refractivity contribution in [2.24, 2.45) is 0 Å². The van der Waals surface area contributed by atoms with Gasteiger partial charge in [0.2, 0.25) is 0 Å². The van der Waals surface area contributed by atoms with Crippen LogP contribution in [-0.4, -0.2) is 57.4 Å². The van der Waals surface area contributed by atoms with Crippen LogP contribution in [0, 0.1) is 0 Å². The number of sulfone groups is 1. The molecule has 0 saturated heterocycles. The molecule has 0 amide bonds. The predicted octanol–water partition coefficient (Wildman–Crippen LogP) is -0.839. The van der Waals surface area contributed by atoms with E-state index in [9.17, 15) is 13.5 Å². The van der Waals surface area contributed by atoms with Gasteiger partial charge in [0, 0.05) is 19.7 Å². The molecule has 0 aliphatic heterocycles. The van der Waals surface area contributed by atoms with Gasteiger partial charge >= 0.3 is 0 Å². The molecule has 6 heteroatoms. The van der Waals surface area contributed by atoms with Crippen molar-refractivity contribution >= 4 is 9.84 Å². The van der Waals surface area contributed by atoms with Crippen LogP contribution in [-0.2, 0) is 14.6 Å². The Labute approximate surface area is 90.7 Å². The van der Waals surface area contributed by atoms with Gasteiger partial charge < -0.3 is 15.2 Å². The molecule has 0 aromatic rings. The Morgan fingerprint density at radius 2 is 2.20 bits per heavy atom. The Morgan fingerprint density at radius 3 is 2.73 bits per heavy atom. The second-order valence-corrected chi connectivity index (χ2v) is 6.17. The third-order valence-corrected chi connectivity index (χ3v) is 3.95. The number of aliphatic hydroxyl groups is 1. The molecule has 90 valence electrons. The maximum absolute atomic E-state index is 11.4. The predicted molar refractivity (Wildman–Crippen MR) is 57.6 cm³/mol. The highest BCUT2D eigenvalue weighted by molar-refractivity contribution is 7.91. The highest BCUT2D eigenvalue weighted by Crippen LogP contribution is 2.18. The van der Waals surface area contributed by atoms with Crippen LogP contribution in [0.15, 0.2) is 0 Å². The van der Waals surface area contributed by atoms with Crippen molar-refractivity contribution in [3.8, 4) is 0 Å². The lowest BCUT2D eigenvalue weighted by Crippen LogP contribution is -2.34. The van der Waals surface area contributed by atoms with E-state index >= 15 is 0 Å². The topological polar surface area (TPSA) is 75.6 Å². The first-order chi connectivity index (χ1) is 7.03. The summed E-state index contributed by atoms with van der Waals surface area (Å²) in [5.74, 6) is -0.208. The largest absolute Gasteiger partial charge is 0.391 e. The number of ether oxygens (including phenoxy) is 1. The summed E-state index contributed by atoms with van der Waals surface area (Å²) in [6.07, 6.45) is 1.44. The smallest absolute Gasteiger partial charge is 0.155 e. The van der Waals surface area contributed by atoms with Gasteiger partial charge in [-0.05, 0) is 12.8 Å². The van der Waals surface area contributed by atoms with Crippen LogP contribution < -0.4 is 5.32 Å². The zero-order valence-corrected chi connectivity index (χ0v) is 9.79. The standard InChI is InChI=1S/C9H19NO4S/c1-14-4-5-15(12,13)7-9(11)6-10-8-2-3-8/h8-11H,2-7H2,1H3. The highest BCUT2D eigenvalue weighted by atomic mass is 32.2. The van der Waals surface area contributed by atoms with Gasteiger partial charge in [0.15, 0.2) is 9.84 Å². The van der Waals surface area contributed by atoms with Crippen LogP contribution in [0.5, 0.6) is 0 Å². The van der Waals surface area contributed by atoms with Crippen molar-refractivity contribution in [1.82, 2.24) is 5.32 Å². The van der Waals surface area contributed by atoms with Gasteiger partial charge in [-0.15, -0.1) is 0 Å². The Balaban J connectivity index is 2.18. The third kappa shape index (κ3) is 6.09. The van der Waals surface area contributed by atoms with E-state index in [1.54, 1.807) is 0 Å². The Bertz CT molecular complexity index is 274. The van der Waals surface area contributed by atoms with Crippen molar-refractivity contribution in [3.63, 3.8) is 0 Å². The first-order valence-electron chi connectivity index (χ1n) is 5.14. The van der Waals surface area contributed by atoms with Crippen LogP contribution in [0.2, 0.25) is 0 Å². The lowest BCUT2D eigenvalue weighted by Gasteiger charge is -2.11. The number of hydrogen-bond acceptors (Lipinski definition) is 5. The quantitative estimate of drug-likeness (QED) is 0.576. The maximum Gasteiger partial charge on any atom is 0.155 e. The fourth-order valence-corrected chi connectivity index (χ4v) is 2.53. The molecule has 1 fully saturated rings. The molecule has 1 rings (SSSR count). The van der Waals surface area contributed by atoms with Crippen LogP contribution in [0.25, 0.3) is 0 Å². The van der Waals surface area contributed by atoms with Crippen LogP contribution in [0.3, 0.4) is 0 Å². The Morgan fingerprint density at radius 1 is 1.53 bits per heavy atom. The van der Waals surface area contributed by atoms with E-state index in [4.69, 9.17) is 4.74 Å². The SMILES string of the molecule is COCCS(=O)(=O)CC(O)CNC1CC1. The number of methoxy groups -OCH3 is 1. The van der Waals surface area contributed by atoms with Crippen molar-refractivity contribution < 1.29 is 18.3 Å². The minimum absolute atomic E-state index is 0.0238. The molecule has 0 radical (unpaired) electrons. The molecule has 1 saturated carbocycles. The molecule has 1 unspecified atom stereocenters. The molecule has 2 N–H and O–H groups in total. The highest BCUT2D eigenvalue weighted by Gasteiger charge is 2.23. The molecule has 5 nitrogen and oxygen atoms in total. The number of hydrogen-bond donors (Lipinski definition) is 2. The van der Waals surface area contributed by atoms with E-state index in [0.717, 1.165) is 12.8 Å². The van der Waals surface area contributed by atoms with Crippen molar-refractivity contribution in [1.29, 1.82) is 0 Å². The lowest BCUT2D eigenvalue weighted by atomic mass is 10.4. The first kappa shape index (κ1) is 12.9. The average Bonchev–Trinajstić information content (AvgIpc) is 2.94. The Kier molecular flexibility index (Phi) is 4.98. The maximum atomic E-state index is 11.4. The molecule has 1 aliphatic rings. The van der Waals surface area contributed by atoms with Crippen LogP contribution in [0.1, 0.15) is 12.8 Å². The molecule has 1 atom stereocenters. The molecule has 0 spiro atoms. The van der Waals surface area contributed by atoms with Crippen LogP contribution in [0.4, 0.5) is 0 Å². The fourth-order valence-electron chi connectivity index (χ4n) is 1.24. The molecule has 0 aromatic heterocycles. The fraction of sp³-hybridized carbons (Fsp3) is 1.00. The molecule has 1 aliphatic carbocycles. The summed E-state index contributed by atoms with van der Waals surface area (Å²) in [6.45, 7) is 0.544. The van der Waals surface area contributed by atoms with Gasteiger partial charge in [0.25, 0.3) is 0 Å². The van der Waals surface area contributed by atoms with E-state index in [-0.39, 0.29) is 18.1 Å². The third-order valence-electron chi connectivity index (χ3n) is 2.26. The summed E-state index contributed by atoms with van der Waals surface area (Å²) in [5.41, 5.74) is 0. The van der Waals surface area contributed by atoms with Crippen molar-refractivity contribution in [2.45, 2.75) is 25.0 Å². The summed E-state index contributed by atoms with van der Waals surface area (Å²) >= 11 is 0. The van der Waals surface area contributed by atoms with Crippen molar-refractivity contribution in [2.75, 3.05) is 31.8 Å². The summed E-state index contributed by atoms with van der Waals surface area (Å²) in [5, 5.41) is 12.6. The summed E-state index contributed by atoms with van der Waals surface area (Å²) in [6, 6.07) is 0.487. The van der Waals surface area contributed by atoms with E-state index < -0.39 is 15.9 Å². The monoisotopic (exact) mass is 237 g/mol. The van der Waals surface area contributed by atoms with Crippen molar-refractivity contribution in [3.05, 3.63) is 0 Å². The molecule has 0 bridgehead atoms. The molecule has 15 heavy (non-hydrogen) atoms. The number of nitrogens with one attached hydrogen (secondary N) is 1. The van der Waals surface area contributed by atoms with Gasteiger partial charge in [0.1, 0.15) is 0 Å². The number of rotatable bonds is 8. The van der Waals surface area contributed by atoms with Gasteiger partial charge in [-0.2, -0.15) is 0 Å². The lowest BCUT2D eigenvalue weighted by molar-refractivity contribution is 0.191. The van der Waals surface area contributed by atoms with E-state index in [1.165, 1.54) is 7.11 Å². The van der Waals surface area contributed by atoms with E-state index in [2.05, 4.69) is 5.32 Å². The number of aliphatic hydroxyl groups excluding tert-OH is 1. The second-order valence-electron chi connectivity index (χ2n) is 3.94. The van der Waals surface area contributed by atoms with E-state index in [1.807, 2.05) is 0 Å². The Hall–Kier alpha value is -0.170. The zero-order valence-electron chi connectivity index (χ0n) is 8.98. The molecule has 0 aromatic carbocycles. The van der Waals surface area contributed by atoms with Crippen LogP contribution >= 0.6 is 0 Å². The summed E-state index contributed by atoms with van der Waals surface area (Å²) in [7, 11) is -1.73. The molecule has 0 heterocycles. The van der Waals surface area contributed by atoms with Gasteiger partial charge in [0.05, 0.1) is 24.2 Å². The average molecular weight is 237 g/mol. The van der Waals surface area contributed by atoms with E-state index in [0.29, 0.717) is 12.6 Å². The van der Waals surface area contributed by atoms with Gasteiger partial charge in [-0.1, -0.05) is 0 Å². The minimum atomic E-state index is -3.19. The summed E-state index contributed by atoms with van der Waals surface area (Å²) in [4.78, 5) is 0. The summed E-state index contributed by atoms with van der Waals surface area (Å²) < 4.78 is 27.5. The first-order valence-corrected chi connectivity index (χ1v) is 6.96. The zero-order chi connectivity index (χ0) is 11.3. The molecular weight excluding hydrogens is 218 g/mol. The van der Waals surface area contributed by atoms with Gasteiger partial charge in [-0.3, -0.25) is 0 Å².